The number of para-hydroxylation sites is 1. The van der Waals surface area contributed by atoms with Crippen molar-refractivity contribution in [3.05, 3.63) is 65.7 Å². The molecular formula is C20H26NO2+. The molecule has 3 heteroatoms. The fraction of sp³-hybridized carbons (Fsp3) is 0.400. The Morgan fingerprint density at radius 2 is 1.65 bits per heavy atom. The number of ether oxygens (including phenoxy) is 2. The molecule has 0 bridgehead atoms. The number of quaternary nitrogens is 1. The summed E-state index contributed by atoms with van der Waals surface area (Å²) >= 11 is 0. The van der Waals surface area contributed by atoms with Gasteiger partial charge < -0.3 is 14.4 Å². The highest BCUT2D eigenvalue weighted by Gasteiger charge is 2.13. The third-order valence-electron chi connectivity index (χ3n) is 4.34. The molecule has 0 unspecified atom stereocenters. The van der Waals surface area contributed by atoms with Crippen molar-refractivity contribution in [1.82, 2.24) is 0 Å². The minimum absolute atomic E-state index is 0.788. The molecule has 1 aliphatic rings. The van der Waals surface area contributed by atoms with Gasteiger partial charge in [0.15, 0.2) is 0 Å². The van der Waals surface area contributed by atoms with Crippen molar-refractivity contribution in [3.8, 4) is 5.75 Å². The first kappa shape index (κ1) is 16.0. The number of hydrogen-bond donors (Lipinski definition) is 1. The summed E-state index contributed by atoms with van der Waals surface area (Å²) in [6, 6.07) is 18.9. The van der Waals surface area contributed by atoms with Gasteiger partial charge in [-0.25, -0.2) is 0 Å². The van der Waals surface area contributed by atoms with Gasteiger partial charge in [-0.3, -0.25) is 0 Å². The summed E-state index contributed by atoms with van der Waals surface area (Å²) in [7, 11) is 0. The maximum atomic E-state index is 6.06. The molecule has 3 rings (SSSR count). The van der Waals surface area contributed by atoms with E-state index in [-0.39, 0.29) is 0 Å². The number of morpholine rings is 1. The molecule has 0 radical (unpaired) electrons. The normalized spacial score (nSPS) is 15.5. The molecule has 1 heterocycles. The number of benzene rings is 2. The Kier molecular flexibility index (Phi) is 6.07. The van der Waals surface area contributed by atoms with Crippen LogP contribution in [0.15, 0.2) is 54.6 Å². The molecule has 1 N–H and O–H groups in total. The highest BCUT2D eigenvalue weighted by molar-refractivity contribution is 5.37. The summed E-state index contributed by atoms with van der Waals surface area (Å²) in [5, 5.41) is 0. The van der Waals surface area contributed by atoms with Crippen LogP contribution in [0.25, 0.3) is 0 Å². The van der Waals surface area contributed by atoms with Crippen LogP contribution in [-0.2, 0) is 11.2 Å². The summed E-state index contributed by atoms with van der Waals surface area (Å²) < 4.78 is 11.5. The van der Waals surface area contributed by atoms with Crippen molar-refractivity contribution >= 4 is 0 Å². The highest BCUT2D eigenvalue weighted by atomic mass is 16.5. The van der Waals surface area contributed by atoms with Gasteiger partial charge >= 0.3 is 0 Å². The van der Waals surface area contributed by atoms with Crippen LogP contribution in [0.4, 0.5) is 0 Å². The maximum absolute atomic E-state index is 6.06. The predicted octanol–water partition coefficient (Wildman–Crippen LogP) is 1.96. The van der Waals surface area contributed by atoms with E-state index in [1.165, 1.54) is 17.7 Å². The second-order valence-corrected chi connectivity index (χ2v) is 6.08. The first-order chi connectivity index (χ1) is 11.4. The first-order valence-electron chi connectivity index (χ1n) is 8.58. The van der Waals surface area contributed by atoms with Gasteiger partial charge in [-0.15, -0.1) is 0 Å². The van der Waals surface area contributed by atoms with Crippen molar-refractivity contribution in [2.45, 2.75) is 12.8 Å². The summed E-state index contributed by atoms with van der Waals surface area (Å²) in [6.45, 7) is 6.02. The Bertz CT molecular complexity index is 579. The minimum Gasteiger partial charge on any atom is -0.493 e. The molecule has 122 valence electrons. The molecule has 0 aliphatic carbocycles. The molecule has 0 amide bonds. The van der Waals surface area contributed by atoms with Gasteiger partial charge in [0.1, 0.15) is 18.8 Å². The van der Waals surface area contributed by atoms with Gasteiger partial charge in [0.05, 0.1) is 26.4 Å². The van der Waals surface area contributed by atoms with Crippen LogP contribution in [0.1, 0.15) is 17.5 Å². The summed E-state index contributed by atoms with van der Waals surface area (Å²) in [6.07, 6.45) is 2.01. The van der Waals surface area contributed by atoms with E-state index in [2.05, 4.69) is 54.6 Å². The van der Waals surface area contributed by atoms with E-state index >= 15 is 0 Å². The molecule has 0 saturated carbocycles. The molecule has 1 saturated heterocycles. The summed E-state index contributed by atoms with van der Waals surface area (Å²) in [5.74, 6) is 1.02. The average Bonchev–Trinajstić information content (AvgIpc) is 2.62. The summed E-state index contributed by atoms with van der Waals surface area (Å²) in [5.41, 5.74) is 2.58. The van der Waals surface area contributed by atoms with Gasteiger partial charge in [-0.2, -0.15) is 0 Å². The molecular weight excluding hydrogens is 286 g/mol. The number of rotatable bonds is 7. The fourth-order valence-electron chi connectivity index (χ4n) is 3.02. The third-order valence-corrected chi connectivity index (χ3v) is 4.34. The lowest BCUT2D eigenvalue weighted by Crippen LogP contribution is -3.14. The zero-order valence-electron chi connectivity index (χ0n) is 13.7. The molecule has 2 aromatic rings. The molecule has 0 spiro atoms. The smallest absolute Gasteiger partial charge is 0.122 e. The maximum Gasteiger partial charge on any atom is 0.122 e. The molecule has 2 aromatic carbocycles. The van der Waals surface area contributed by atoms with E-state index in [1.807, 2.05) is 0 Å². The predicted molar refractivity (Wildman–Crippen MR) is 92.2 cm³/mol. The lowest BCUT2D eigenvalue weighted by Gasteiger charge is -2.23. The fourth-order valence-corrected chi connectivity index (χ4v) is 3.02. The van der Waals surface area contributed by atoms with Crippen molar-refractivity contribution in [2.24, 2.45) is 0 Å². The molecule has 0 aromatic heterocycles. The van der Waals surface area contributed by atoms with E-state index in [0.29, 0.717) is 0 Å². The minimum atomic E-state index is 0.788. The van der Waals surface area contributed by atoms with E-state index in [9.17, 15) is 0 Å². The molecule has 23 heavy (non-hydrogen) atoms. The van der Waals surface area contributed by atoms with Gasteiger partial charge in [-0.05, 0) is 17.2 Å². The molecule has 1 fully saturated rings. The molecule has 3 nitrogen and oxygen atoms in total. The largest absolute Gasteiger partial charge is 0.493 e. The second kappa shape index (κ2) is 8.70. The van der Waals surface area contributed by atoms with Gasteiger partial charge in [0.25, 0.3) is 0 Å². The Morgan fingerprint density at radius 3 is 2.48 bits per heavy atom. The van der Waals surface area contributed by atoms with Gasteiger partial charge in [0, 0.05) is 12.8 Å². The van der Waals surface area contributed by atoms with Crippen LogP contribution < -0.4 is 9.64 Å². The standard InChI is InChI=1S/C20H25NO2/c1-2-7-18(8-3-1)17-19-9-4-5-10-20(19)23-14-6-11-21-12-15-22-16-13-21/h1-5,7-10H,6,11-17H2/p+1. The third kappa shape index (κ3) is 5.08. The summed E-state index contributed by atoms with van der Waals surface area (Å²) in [4.78, 5) is 1.64. The Hall–Kier alpha value is -1.84. The van der Waals surface area contributed by atoms with Crippen LogP contribution in [0.5, 0.6) is 5.75 Å². The lowest BCUT2D eigenvalue weighted by atomic mass is 10.0. The Labute approximate surface area is 138 Å². The van der Waals surface area contributed by atoms with Crippen LogP contribution >= 0.6 is 0 Å². The zero-order chi connectivity index (χ0) is 15.7. The monoisotopic (exact) mass is 312 g/mol. The van der Waals surface area contributed by atoms with Crippen molar-refractivity contribution in [1.29, 1.82) is 0 Å². The van der Waals surface area contributed by atoms with Gasteiger partial charge in [0.2, 0.25) is 0 Å². The zero-order valence-corrected chi connectivity index (χ0v) is 13.7. The van der Waals surface area contributed by atoms with Crippen LogP contribution in [0, 0.1) is 0 Å². The highest BCUT2D eigenvalue weighted by Crippen LogP contribution is 2.21. The van der Waals surface area contributed by atoms with Crippen molar-refractivity contribution < 1.29 is 14.4 Å². The topological polar surface area (TPSA) is 22.9 Å². The van der Waals surface area contributed by atoms with Crippen molar-refractivity contribution in [2.75, 3.05) is 39.5 Å². The Balaban J connectivity index is 1.49. The van der Waals surface area contributed by atoms with Crippen LogP contribution in [0.2, 0.25) is 0 Å². The number of nitrogens with one attached hydrogen (secondary N) is 1. The van der Waals surface area contributed by atoms with E-state index in [1.54, 1.807) is 4.90 Å². The Morgan fingerprint density at radius 1 is 0.913 bits per heavy atom. The van der Waals surface area contributed by atoms with E-state index in [0.717, 1.165) is 51.5 Å². The van der Waals surface area contributed by atoms with Gasteiger partial charge in [-0.1, -0.05) is 48.5 Å². The average molecular weight is 312 g/mol. The van der Waals surface area contributed by atoms with E-state index in [4.69, 9.17) is 9.47 Å². The first-order valence-corrected chi connectivity index (χ1v) is 8.58. The molecule has 0 atom stereocenters. The van der Waals surface area contributed by atoms with E-state index < -0.39 is 0 Å². The number of hydrogen-bond acceptors (Lipinski definition) is 2. The quantitative estimate of drug-likeness (QED) is 0.790. The lowest BCUT2D eigenvalue weighted by molar-refractivity contribution is -0.908. The SMILES string of the molecule is c1ccc(Cc2ccccc2OCCC[NH+]2CCOCC2)cc1. The second-order valence-electron chi connectivity index (χ2n) is 6.08. The molecule has 1 aliphatic heterocycles. The van der Waals surface area contributed by atoms with Crippen LogP contribution in [0.3, 0.4) is 0 Å². The van der Waals surface area contributed by atoms with Crippen LogP contribution in [-0.4, -0.2) is 39.5 Å². The van der Waals surface area contributed by atoms with Crippen molar-refractivity contribution in [3.63, 3.8) is 0 Å².